The van der Waals surface area contributed by atoms with Crippen LogP contribution in [-0.4, -0.2) is 68.5 Å². The van der Waals surface area contributed by atoms with Gasteiger partial charge >= 0.3 is 0 Å². The van der Waals surface area contributed by atoms with E-state index in [0.29, 0.717) is 30.9 Å². The van der Waals surface area contributed by atoms with E-state index in [1.165, 1.54) is 11.3 Å². The van der Waals surface area contributed by atoms with Crippen molar-refractivity contribution in [1.82, 2.24) is 9.97 Å². The zero-order chi connectivity index (χ0) is 23.1. The molecule has 0 spiro atoms. The second kappa shape index (κ2) is 8.70. The monoisotopic (exact) mass is 457 g/mol. The summed E-state index contributed by atoms with van der Waals surface area (Å²) in [5, 5.41) is 0. The third-order valence-corrected chi connectivity index (χ3v) is 6.86. The zero-order valence-electron chi connectivity index (χ0n) is 19.0. The first-order valence-corrected chi connectivity index (χ1v) is 11.8. The van der Waals surface area contributed by atoms with Crippen molar-refractivity contribution in [1.29, 1.82) is 0 Å². The van der Waals surface area contributed by atoms with E-state index in [4.69, 9.17) is 20.2 Å². The van der Waals surface area contributed by atoms with E-state index in [1.54, 1.807) is 6.07 Å². The van der Waals surface area contributed by atoms with Gasteiger partial charge in [-0.15, -0.1) is 0 Å². The Morgan fingerprint density at radius 2 is 1.65 bits per heavy atom. The molecule has 2 aromatic heterocycles. The molecule has 0 unspecified atom stereocenters. The van der Waals surface area contributed by atoms with Crippen LogP contribution in [0.3, 0.4) is 0 Å². The van der Waals surface area contributed by atoms with E-state index in [9.17, 15) is 4.79 Å². The van der Waals surface area contributed by atoms with Crippen LogP contribution in [0.4, 0.5) is 11.5 Å². The summed E-state index contributed by atoms with van der Waals surface area (Å²) >= 11 is 0. The van der Waals surface area contributed by atoms with Gasteiger partial charge in [0.2, 0.25) is 5.91 Å². The van der Waals surface area contributed by atoms with Crippen LogP contribution in [0.25, 0.3) is 22.5 Å². The molecule has 0 bridgehead atoms. The standard InChI is InChI=1S/C26H27N5O3/c27-26(32)22-15-23(17-1-4-24(28-16-17)31-7-11-34-12-8-31)29-25-20-3-2-19(13-18(20)14-21(22)25)30-5-9-33-10-6-30/h1-4,13,15-16H,5-12,14H2,(H2,27,32). The smallest absolute Gasteiger partial charge is 0.249 e. The predicted molar refractivity (Wildman–Crippen MR) is 130 cm³/mol. The van der Waals surface area contributed by atoms with Crippen LogP contribution < -0.4 is 15.5 Å². The number of hydrogen-bond donors (Lipinski definition) is 1. The van der Waals surface area contributed by atoms with Gasteiger partial charge in [0.05, 0.1) is 37.8 Å². The molecule has 0 radical (unpaired) electrons. The van der Waals surface area contributed by atoms with Crippen LogP contribution >= 0.6 is 0 Å². The van der Waals surface area contributed by atoms with Gasteiger partial charge in [0.25, 0.3) is 0 Å². The van der Waals surface area contributed by atoms with E-state index in [1.807, 2.05) is 18.3 Å². The highest BCUT2D eigenvalue weighted by molar-refractivity contribution is 5.98. The fraction of sp³-hybridized carbons (Fsp3) is 0.346. The van der Waals surface area contributed by atoms with Gasteiger partial charge in [-0.3, -0.25) is 4.79 Å². The van der Waals surface area contributed by atoms with Gasteiger partial charge in [0.1, 0.15) is 5.82 Å². The first-order chi connectivity index (χ1) is 16.7. The number of primary amides is 1. The van der Waals surface area contributed by atoms with Crippen LogP contribution in [-0.2, 0) is 15.9 Å². The fourth-order valence-corrected chi connectivity index (χ4v) is 5.02. The molecule has 0 atom stereocenters. The molecule has 3 aromatic rings. The Labute approximate surface area is 198 Å². The van der Waals surface area contributed by atoms with Gasteiger partial charge in [0, 0.05) is 61.2 Å². The lowest BCUT2D eigenvalue weighted by atomic mass is 10.0. The molecule has 1 aliphatic carbocycles. The number of nitrogens with zero attached hydrogens (tertiary/aromatic N) is 4. The van der Waals surface area contributed by atoms with Crippen molar-refractivity contribution in [3.63, 3.8) is 0 Å². The highest BCUT2D eigenvalue weighted by Crippen LogP contribution is 2.40. The average Bonchev–Trinajstić information content (AvgIpc) is 3.27. The number of nitrogens with two attached hydrogens (primary N) is 1. The summed E-state index contributed by atoms with van der Waals surface area (Å²) in [4.78, 5) is 26.6. The van der Waals surface area contributed by atoms with E-state index in [-0.39, 0.29) is 0 Å². The summed E-state index contributed by atoms with van der Waals surface area (Å²) in [5.41, 5.74) is 13.1. The third kappa shape index (κ3) is 3.78. The van der Waals surface area contributed by atoms with Gasteiger partial charge in [0.15, 0.2) is 0 Å². The molecule has 6 rings (SSSR count). The number of fused-ring (bicyclic) bond motifs is 3. The van der Waals surface area contributed by atoms with Crippen molar-refractivity contribution in [2.75, 3.05) is 62.4 Å². The number of aromatic nitrogens is 2. The number of morpholine rings is 2. The van der Waals surface area contributed by atoms with Crippen LogP contribution in [0.1, 0.15) is 21.5 Å². The second-order valence-corrected chi connectivity index (χ2v) is 8.87. The molecule has 3 aliphatic rings. The van der Waals surface area contributed by atoms with Crippen LogP contribution in [0.15, 0.2) is 42.6 Å². The number of carbonyl (C=O) groups is 1. The van der Waals surface area contributed by atoms with Crippen molar-refractivity contribution < 1.29 is 14.3 Å². The second-order valence-electron chi connectivity index (χ2n) is 8.87. The summed E-state index contributed by atoms with van der Waals surface area (Å²) in [6, 6.07) is 12.3. The number of rotatable bonds is 4. The van der Waals surface area contributed by atoms with E-state index in [2.05, 4.69) is 33.0 Å². The van der Waals surface area contributed by atoms with Crippen LogP contribution in [0, 0.1) is 0 Å². The average molecular weight is 458 g/mol. The highest BCUT2D eigenvalue weighted by atomic mass is 16.5. The molecular formula is C26H27N5O3. The van der Waals surface area contributed by atoms with Crippen LogP contribution in [0.5, 0.6) is 0 Å². The lowest BCUT2D eigenvalue weighted by molar-refractivity contribution is 0.0999. The lowest BCUT2D eigenvalue weighted by Crippen LogP contribution is -2.36. The number of amides is 1. The largest absolute Gasteiger partial charge is 0.378 e. The number of benzene rings is 1. The zero-order valence-corrected chi connectivity index (χ0v) is 19.0. The maximum atomic E-state index is 12.4. The maximum absolute atomic E-state index is 12.4. The Hall–Kier alpha value is -3.49. The molecule has 0 saturated carbocycles. The molecule has 2 aliphatic heterocycles. The molecule has 174 valence electrons. The topological polar surface area (TPSA) is 93.8 Å². The molecule has 2 saturated heterocycles. The maximum Gasteiger partial charge on any atom is 0.249 e. The minimum Gasteiger partial charge on any atom is -0.378 e. The van der Waals surface area contributed by atoms with Gasteiger partial charge in [-0.2, -0.15) is 0 Å². The number of anilines is 2. The van der Waals surface area contributed by atoms with Gasteiger partial charge < -0.3 is 25.0 Å². The summed E-state index contributed by atoms with van der Waals surface area (Å²) in [6.45, 7) is 6.34. The van der Waals surface area contributed by atoms with Crippen molar-refractivity contribution in [2.24, 2.45) is 5.73 Å². The molecule has 2 fully saturated rings. The Balaban J connectivity index is 1.35. The van der Waals surface area contributed by atoms with Gasteiger partial charge in [-0.05, 0) is 41.5 Å². The van der Waals surface area contributed by atoms with Crippen molar-refractivity contribution in [3.05, 3.63) is 59.3 Å². The number of pyridine rings is 2. The SMILES string of the molecule is NC(=O)c1cc(-c2ccc(N3CCOCC3)nc2)nc2c1Cc1cc(N3CCOCC3)ccc1-2. The Morgan fingerprint density at radius 1 is 0.912 bits per heavy atom. The predicted octanol–water partition coefficient (Wildman–Crippen LogP) is 2.49. The Bertz CT molecular complexity index is 1230. The first-order valence-electron chi connectivity index (χ1n) is 11.8. The van der Waals surface area contributed by atoms with Crippen molar-refractivity contribution >= 4 is 17.4 Å². The summed E-state index contributed by atoms with van der Waals surface area (Å²) in [6.07, 6.45) is 2.48. The summed E-state index contributed by atoms with van der Waals surface area (Å²) in [7, 11) is 0. The van der Waals surface area contributed by atoms with E-state index in [0.717, 1.165) is 67.6 Å². The summed E-state index contributed by atoms with van der Waals surface area (Å²) < 4.78 is 10.9. The number of ether oxygens (including phenoxy) is 2. The Kier molecular flexibility index (Phi) is 5.39. The molecule has 4 heterocycles. The fourth-order valence-electron chi connectivity index (χ4n) is 5.02. The molecule has 1 aromatic carbocycles. The van der Waals surface area contributed by atoms with Crippen molar-refractivity contribution in [2.45, 2.75) is 6.42 Å². The van der Waals surface area contributed by atoms with Gasteiger partial charge in [-0.25, -0.2) is 9.97 Å². The third-order valence-electron chi connectivity index (χ3n) is 6.86. The Morgan fingerprint density at radius 3 is 2.32 bits per heavy atom. The molecular weight excluding hydrogens is 430 g/mol. The van der Waals surface area contributed by atoms with E-state index < -0.39 is 5.91 Å². The summed E-state index contributed by atoms with van der Waals surface area (Å²) in [5.74, 6) is 0.489. The highest BCUT2D eigenvalue weighted by Gasteiger charge is 2.27. The van der Waals surface area contributed by atoms with E-state index >= 15 is 0 Å². The minimum absolute atomic E-state index is 0.431. The first kappa shape index (κ1) is 21.1. The lowest BCUT2D eigenvalue weighted by Gasteiger charge is -2.29. The van der Waals surface area contributed by atoms with Gasteiger partial charge in [-0.1, -0.05) is 6.07 Å². The van der Waals surface area contributed by atoms with Crippen molar-refractivity contribution in [3.8, 4) is 22.5 Å². The van der Waals surface area contributed by atoms with Crippen LogP contribution in [0.2, 0.25) is 0 Å². The molecule has 8 heteroatoms. The molecule has 8 nitrogen and oxygen atoms in total. The molecule has 34 heavy (non-hydrogen) atoms. The normalized spacial score (nSPS) is 17.4. The molecule has 1 amide bonds. The number of hydrogen-bond acceptors (Lipinski definition) is 7. The molecule has 2 N–H and O–H groups in total. The number of carbonyl (C=O) groups excluding carboxylic acids is 1. The minimum atomic E-state index is -0.431. The quantitative estimate of drug-likeness (QED) is 0.503.